The van der Waals surface area contributed by atoms with Crippen LogP contribution in [0.3, 0.4) is 0 Å². The highest BCUT2D eigenvalue weighted by molar-refractivity contribution is 9.10. The first-order valence-electron chi connectivity index (χ1n) is 14.3. The largest absolute Gasteiger partial charge is 0.488 e. The molecule has 0 radical (unpaired) electrons. The molecule has 5 aromatic rings. The van der Waals surface area contributed by atoms with E-state index in [1.165, 1.54) is 35.9 Å². The second-order valence-electron chi connectivity index (χ2n) is 10.3. The van der Waals surface area contributed by atoms with Crippen LogP contribution in [0.15, 0.2) is 70.8 Å². The number of ether oxygens (including phenoxy) is 2. The molecule has 0 aliphatic heterocycles. The van der Waals surface area contributed by atoms with Crippen LogP contribution in [-0.4, -0.2) is 48.1 Å². The van der Waals surface area contributed by atoms with Gasteiger partial charge in [-0.25, -0.2) is 32.2 Å². The maximum absolute atomic E-state index is 15.2. The van der Waals surface area contributed by atoms with Crippen LogP contribution in [0.4, 0.5) is 20.3 Å². The number of hydrogen-bond acceptors (Lipinski definition) is 9. The lowest BCUT2D eigenvalue weighted by Gasteiger charge is -2.13. The van der Waals surface area contributed by atoms with E-state index in [1.807, 2.05) is 24.4 Å². The highest BCUT2D eigenvalue weighted by Crippen LogP contribution is 2.34. The van der Waals surface area contributed by atoms with E-state index >= 15 is 4.39 Å². The van der Waals surface area contributed by atoms with E-state index in [2.05, 4.69) is 36.2 Å². The van der Waals surface area contributed by atoms with Crippen molar-refractivity contribution in [1.29, 1.82) is 0 Å². The SMILES string of the molecule is CCCS(=O)(=O)CCOCCCc1nc(-c2cc3c(Nc4ccc(OCc5cccc(F)c5)c(Br)c4)ncnc3cc2F)cs1. The Labute approximate surface area is 272 Å². The molecule has 13 heteroatoms. The van der Waals surface area contributed by atoms with Crippen molar-refractivity contribution in [2.75, 3.05) is 30.0 Å². The number of nitrogens with one attached hydrogen (secondary N) is 1. The Hall–Kier alpha value is -3.52. The Kier molecular flexibility index (Phi) is 11.1. The lowest BCUT2D eigenvalue weighted by Crippen LogP contribution is -2.15. The van der Waals surface area contributed by atoms with Gasteiger partial charge in [-0.3, -0.25) is 0 Å². The molecule has 0 bridgehead atoms. The van der Waals surface area contributed by atoms with Crippen LogP contribution >= 0.6 is 27.3 Å². The summed E-state index contributed by atoms with van der Waals surface area (Å²) in [5.74, 6) is 0.528. The Bertz CT molecular complexity index is 1890. The maximum atomic E-state index is 15.2. The number of hydrogen-bond donors (Lipinski definition) is 1. The Morgan fingerprint density at radius 1 is 1.02 bits per heavy atom. The number of nitrogens with zero attached hydrogens (tertiary/aromatic N) is 3. The van der Waals surface area contributed by atoms with Gasteiger partial charge in [-0.05, 0) is 70.7 Å². The van der Waals surface area contributed by atoms with E-state index in [1.54, 1.807) is 24.3 Å². The monoisotopic (exact) mass is 716 g/mol. The summed E-state index contributed by atoms with van der Waals surface area (Å²) in [7, 11) is -3.06. The molecule has 0 saturated heterocycles. The van der Waals surface area contributed by atoms with E-state index in [0.29, 0.717) is 75.3 Å². The van der Waals surface area contributed by atoms with Gasteiger partial charge in [-0.1, -0.05) is 19.1 Å². The maximum Gasteiger partial charge on any atom is 0.152 e. The van der Waals surface area contributed by atoms with Gasteiger partial charge in [0.15, 0.2) is 9.84 Å². The van der Waals surface area contributed by atoms with Gasteiger partial charge in [0.05, 0.1) is 33.1 Å². The molecule has 2 aromatic heterocycles. The molecule has 2 heterocycles. The molecular formula is C32H31BrF2N4O4S2. The van der Waals surface area contributed by atoms with E-state index < -0.39 is 15.7 Å². The summed E-state index contributed by atoms with van der Waals surface area (Å²) in [4.78, 5) is 13.3. The first kappa shape index (κ1) is 32.9. The summed E-state index contributed by atoms with van der Waals surface area (Å²) in [5, 5.41) is 6.55. The quantitative estimate of drug-likeness (QED) is 0.109. The van der Waals surface area contributed by atoms with Gasteiger partial charge < -0.3 is 14.8 Å². The van der Waals surface area contributed by atoms with Gasteiger partial charge in [-0.2, -0.15) is 0 Å². The van der Waals surface area contributed by atoms with Crippen molar-refractivity contribution in [3.05, 3.63) is 93.0 Å². The molecule has 236 valence electrons. The third-order valence-corrected chi connectivity index (χ3v) is 10.1. The number of aromatic nitrogens is 3. The summed E-state index contributed by atoms with van der Waals surface area (Å²) in [6.45, 7) is 2.65. The summed E-state index contributed by atoms with van der Waals surface area (Å²) in [6, 6.07) is 14.8. The third-order valence-electron chi connectivity index (χ3n) is 6.76. The predicted molar refractivity (Wildman–Crippen MR) is 177 cm³/mol. The van der Waals surface area contributed by atoms with Crippen LogP contribution in [0, 0.1) is 11.6 Å². The lowest BCUT2D eigenvalue weighted by molar-refractivity contribution is 0.146. The van der Waals surface area contributed by atoms with Gasteiger partial charge in [0.1, 0.15) is 36.1 Å². The number of halogens is 3. The molecule has 0 fully saturated rings. The van der Waals surface area contributed by atoms with E-state index in [0.717, 1.165) is 5.01 Å². The van der Waals surface area contributed by atoms with Gasteiger partial charge in [0.25, 0.3) is 0 Å². The lowest BCUT2D eigenvalue weighted by atomic mass is 10.1. The number of anilines is 2. The summed E-state index contributed by atoms with van der Waals surface area (Å²) >= 11 is 4.97. The molecule has 0 unspecified atom stereocenters. The van der Waals surface area contributed by atoms with Crippen LogP contribution in [-0.2, 0) is 27.6 Å². The fraction of sp³-hybridized carbons (Fsp3) is 0.281. The summed E-state index contributed by atoms with van der Waals surface area (Å²) in [5.41, 5.74) is 2.72. The van der Waals surface area contributed by atoms with Crippen LogP contribution in [0.25, 0.3) is 22.2 Å². The number of aryl methyl sites for hydroxylation is 1. The minimum absolute atomic E-state index is 0.0268. The molecule has 1 N–H and O–H groups in total. The Balaban J connectivity index is 1.24. The van der Waals surface area contributed by atoms with Crippen molar-refractivity contribution in [3.8, 4) is 17.0 Å². The van der Waals surface area contributed by atoms with Crippen LogP contribution in [0.2, 0.25) is 0 Å². The number of sulfone groups is 1. The predicted octanol–water partition coefficient (Wildman–Crippen LogP) is 7.89. The van der Waals surface area contributed by atoms with Crippen molar-refractivity contribution in [2.45, 2.75) is 32.8 Å². The highest BCUT2D eigenvalue weighted by Gasteiger charge is 2.15. The van der Waals surface area contributed by atoms with Crippen LogP contribution in [0.1, 0.15) is 30.3 Å². The first-order chi connectivity index (χ1) is 21.7. The summed E-state index contributed by atoms with van der Waals surface area (Å²) in [6.07, 6.45) is 3.28. The van der Waals surface area contributed by atoms with E-state index in [-0.39, 0.29) is 30.5 Å². The standard InChI is InChI=1S/C32H31BrF2N4O4S2/c1-2-12-45(40,41)13-11-42-10-4-7-31-39-29(19-44-31)24-16-25-28(17-27(24)35)36-20-37-32(25)38-23-8-9-30(26(33)15-23)43-18-21-5-3-6-22(34)14-21/h3,5-6,8-9,14-17,19-20H,2,4,7,10-13,18H2,1H3,(H,36,37,38). The van der Waals surface area contributed by atoms with Crippen molar-refractivity contribution >= 4 is 59.5 Å². The molecule has 0 atom stereocenters. The van der Waals surface area contributed by atoms with Gasteiger partial charge in [0, 0.05) is 46.9 Å². The molecule has 3 aromatic carbocycles. The highest BCUT2D eigenvalue weighted by atomic mass is 79.9. The third kappa shape index (κ3) is 9.03. The fourth-order valence-electron chi connectivity index (χ4n) is 4.57. The second-order valence-corrected chi connectivity index (χ2v) is 14.4. The average Bonchev–Trinajstić information content (AvgIpc) is 3.47. The van der Waals surface area contributed by atoms with E-state index in [4.69, 9.17) is 9.47 Å². The topological polar surface area (TPSA) is 103 Å². The first-order valence-corrected chi connectivity index (χ1v) is 17.8. The number of fused-ring (bicyclic) bond motifs is 1. The van der Waals surface area contributed by atoms with E-state index in [9.17, 15) is 12.8 Å². The minimum atomic E-state index is -3.06. The Morgan fingerprint density at radius 2 is 1.89 bits per heavy atom. The van der Waals surface area contributed by atoms with Crippen molar-refractivity contribution < 1.29 is 26.7 Å². The van der Waals surface area contributed by atoms with Crippen LogP contribution in [0.5, 0.6) is 5.75 Å². The van der Waals surface area contributed by atoms with Gasteiger partial charge in [0.2, 0.25) is 0 Å². The summed E-state index contributed by atoms with van der Waals surface area (Å²) < 4.78 is 64.3. The zero-order valence-electron chi connectivity index (χ0n) is 24.4. The van der Waals surface area contributed by atoms with Crippen molar-refractivity contribution in [1.82, 2.24) is 15.0 Å². The minimum Gasteiger partial charge on any atom is -0.488 e. The fourth-order valence-corrected chi connectivity index (χ4v) is 7.10. The zero-order valence-corrected chi connectivity index (χ0v) is 27.7. The molecule has 0 amide bonds. The molecule has 5 rings (SSSR count). The molecule has 0 aliphatic carbocycles. The normalized spacial score (nSPS) is 11.6. The number of thiazole rings is 1. The van der Waals surface area contributed by atoms with Crippen molar-refractivity contribution in [3.63, 3.8) is 0 Å². The van der Waals surface area contributed by atoms with Gasteiger partial charge >= 0.3 is 0 Å². The average molecular weight is 718 g/mol. The molecule has 45 heavy (non-hydrogen) atoms. The zero-order chi connectivity index (χ0) is 31.8. The Morgan fingerprint density at radius 3 is 2.69 bits per heavy atom. The molecule has 0 aliphatic rings. The molecule has 0 spiro atoms. The second kappa shape index (κ2) is 15.2. The number of benzene rings is 3. The van der Waals surface area contributed by atoms with Gasteiger partial charge in [-0.15, -0.1) is 11.3 Å². The number of rotatable bonds is 15. The smallest absolute Gasteiger partial charge is 0.152 e. The molecular weight excluding hydrogens is 686 g/mol. The van der Waals surface area contributed by atoms with Crippen LogP contribution < -0.4 is 10.1 Å². The molecule has 8 nitrogen and oxygen atoms in total. The molecule has 0 saturated carbocycles. The van der Waals surface area contributed by atoms with Crippen molar-refractivity contribution in [2.24, 2.45) is 0 Å².